The van der Waals surface area contributed by atoms with Crippen LogP contribution in [0.4, 0.5) is 0 Å². The second-order valence-corrected chi connectivity index (χ2v) is 6.08. The van der Waals surface area contributed by atoms with Gasteiger partial charge in [-0.25, -0.2) is 10.8 Å². The zero-order chi connectivity index (χ0) is 13.9. The van der Waals surface area contributed by atoms with Gasteiger partial charge in [0, 0.05) is 28.3 Å². The van der Waals surface area contributed by atoms with Crippen molar-refractivity contribution >= 4 is 40.0 Å². The highest BCUT2D eigenvalue weighted by atomic mass is 32.2. The number of hydrogen-bond acceptors (Lipinski definition) is 6. The van der Waals surface area contributed by atoms with Gasteiger partial charge in [-0.05, 0) is 6.07 Å². The van der Waals surface area contributed by atoms with Gasteiger partial charge >= 0.3 is 5.91 Å². The fourth-order valence-electron chi connectivity index (χ4n) is 1.91. The highest BCUT2D eigenvalue weighted by Gasteiger charge is 2.19. The Hall–Kier alpha value is -1.83. The minimum atomic E-state index is -0.420. The molecular formula is C13H11N3O2S2. The number of carbonyl (C=O) groups excluding carboxylic acids is 1. The molecule has 0 spiro atoms. The average Bonchev–Trinajstić information content (AvgIpc) is 3.11. The van der Waals surface area contributed by atoms with E-state index in [0.29, 0.717) is 11.3 Å². The Morgan fingerprint density at radius 1 is 1.45 bits per heavy atom. The minimum absolute atomic E-state index is 0.262. The molecule has 3 N–H and O–H groups in total. The number of nitrogens with zero attached hydrogens (tertiary/aromatic N) is 1. The van der Waals surface area contributed by atoms with Crippen LogP contribution in [0, 0.1) is 0 Å². The van der Waals surface area contributed by atoms with Crippen LogP contribution in [-0.2, 0) is 5.75 Å². The number of para-hydroxylation sites is 1. The number of furan rings is 1. The van der Waals surface area contributed by atoms with Crippen LogP contribution >= 0.6 is 23.1 Å². The van der Waals surface area contributed by atoms with Gasteiger partial charge < -0.3 is 4.42 Å². The number of amides is 1. The van der Waals surface area contributed by atoms with Crippen LogP contribution in [0.1, 0.15) is 16.1 Å². The van der Waals surface area contributed by atoms with Crippen LogP contribution in [0.2, 0.25) is 0 Å². The third-order valence-electron chi connectivity index (χ3n) is 2.79. The van der Waals surface area contributed by atoms with Crippen molar-refractivity contribution in [3.63, 3.8) is 0 Å². The predicted octanol–water partition coefficient (Wildman–Crippen LogP) is 2.79. The summed E-state index contributed by atoms with van der Waals surface area (Å²) in [4.78, 5) is 16.0. The molecule has 2 heterocycles. The fraction of sp³-hybridized carbons (Fsp3) is 0.0769. The van der Waals surface area contributed by atoms with Crippen molar-refractivity contribution in [1.82, 2.24) is 10.4 Å². The lowest BCUT2D eigenvalue weighted by Gasteiger charge is -2.00. The van der Waals surface area contributed by atoms with Crippen molar-refractivity contribution in [2.75, 3.05) is 0 Å². The lowest BCUT2D eigenvalue weighted by atomic mass is 10.1. The summed E-state index contributed by atoms with van der Waals surface area (Å²) in [6, 6.07) is 7.55. The molecule has 0 fully saturated rings. The van der Waals surface area contributed by atoms with E-state index in [2.05, 4.69) is 10.4 Å². The van der Waals surface area contributed by atoms with E-state index in [-0.39, 0.29) is 5.76 Å². The van der Waals surface area contributed by atoms with Gasteiger partial charge in [-0.1, -0.05) is 30.0 Å². The molecule has 0 saturated heterocycles. The summed E-state index contributed by atoms with van der Waals surface area (Å²) in [7, 11) is 0. The minimum Gasteiger partial charge on any atom is -0.451 e. The van der Waals surface area contributed by atoms with Gasteiger partial charge in [0.15, 0.2) is 5.76 Å². The number of hydrogen-bond donors (Lipinski definition) is 2. The van der Waals surface area contributed by atoms with Crippen molar-refractivity contribution in [3.8, 4) is 0 Å². The SMILES string of the molecule is NNC(=O)c1oc2ccccc2c1CSc1nccs1. The zero-order valence-electron chi connectivity index (χ0n) is 10.3. The molecule has 1 aromatic carbocycles. The Bertz CT molecular complexity index is 737. The largest absolute Gasteiger partial charge is 0.451 e. The number of fused-ring (bicyclic) bond motifs is 1. The van der Waals surface area contributed by atoms with Crippen LogP contribution < -0.4 is 11.3 Å². The quantitative estimate of drug-likeness (QED) is 0.335. The summed E-state index contributed by atoms with van der Waals surface area (Å²) in [6.07, 6.45) is 1.76. The summed E-state index contributed by atoms with van der Waals surface area (Å²) in [5.74, 6) is 5.65. The van der Waals surface area contributed by atoms with Crippen LogP contribution in [0.3, 0.4) is 0 Å². The summed E-state index contributed by atoms with van der Waals surface area (Å²) < 4.78 is 6.55. The molecule has 0 aliphatic carbocycles. The van der Waals surface area contributed by atoms with E-state index in [4.69, 9.17) is 10.3 Å². The molecule has 0 saturated carbocycles. The monoisotopic (exact) mass is 305 g/mol. The molecule has 3 rings (SSSR count). The zero-order valence-corrected chi connectivity index (χ0v) is 12.0. The van der Waals surface area contributed by atoms with Crippen molar-refractivity contribution in [3.05, 3.63) is 47.2 Å². The van der Waals surface area contributed by atoms with Crippen molar-refractivity contribution < 1.29 is 9.21 Å². The fourth-order valence-corrected chi connectivity index (χ4v) is 3.57. The number of benzene rings is 1. The maximum atomic E-state index is 11.8. The lowest BCUT2D eigenvalue weighted by molar-refractivity contribution is 0.0927. The van der Waals surface area contributed by atoms with Gasteiger partial charge in [-0.15, -0.1) is 11.3 Å². The third-order valence-corrected chi connectivity index (χ3v) is 4.78. The summed E-state index contributed by atoms with van der Waals surface area (Å²) in [6.45, 7) is 0. The molecule has 7 heteroatoms. The molecular weight excluding hydrogens is 294 g/mol. The van der Waals surface area contributed by atoms with E-state index in [9.17, 15) is 4.79 Å². The second kappa shape index (κ2) is 5.66. The molecule has 5 nitrogen and oxygen atoms in total. The number of aromatic nitrogens is 1. The number of rotatable bonds is 4. The van der Waals surface area contributed by atoms with Crippen LogP contribution in [0.15, 0.2) is 44.6 Å². The predicted molar refractivity (Wildman–Crippen MR) is 79.5 cm³/mol. The van der Waals surface area contributed by atoms with Crippen LogP contribution in [0.25, 0.3) is 11.0 Å². The first kappa shape index (κ1) is 13.2. The Morgan fingerprint density at radius 2 is 2.30 bits per heavy atom. The Balaban J connectivity index is 1.99. The highest BCUT2D eigenvalue weighted by molar-refractivity contribution is 8.00. The van der Waals surface area contributed by atoms with E-state index in [1.165, 1.54) is 0 Å². The number of carbonyl (C=O) groups is 1. The van der Waals surface area contributed by atoms with E-state index >= 15 is 0 Å². The van der Waals surface area contributed by atoms with Crippen LogP contribution in [0.5, 0.6) is 0 Å². The van der Waals surface area contributed by atoms with E-state index in [1.807, 2.05) is 29.6 Å². The number of nitrogen functional groups attached to an aromatic ring is 1. The first-order chi connectivity index (χ1) is 9.79. The van der Waals surface area contributed by atoms with Gasteiger partial charge in [0.2, 0.25) is 0 Å². The van der Waals surface area contributed by atoms with Gasteiger partial charge in [-0.2, -0.15) is 0 Å². The molecule has 1 amide bonds. The maximum Gasteiger partial charge on any atom is 0.301 e. The van der Waals surface area contributed by atoms with E-state index < -0.39 is 5.91 Å². The average molecular weight is 305 g/mol. The van der Waals surface area contributed by atoms with Crippen molar-refractivity contribution in [1.29, 1.82) is 0 Å². The molecule has 3 aromatic rings. The maximum absolute atomic E-state index is 11.8. The molecule has 20 heavy (non-hydrogen) atoms. The molecule has 102 valence electrons. The van der Waals surface area contributed by atoms with Gasteiger partial charge in [-0.3, -0.25) is 10.2 Å². The molecule has 0 aliphatic heterocycles. The van der Waals surface area contributed by atoms with Gasteiger partial charge in [0.25, 0.3) is 0 Å². The highest BCUT2D eigenvalue weighted by Crippen LogP contribution is 2.32. The van der Waals surface area contributed by atoms with Crippen molar-refractivity contribution in [2.45, 2.75) is 10.1 Å². The third kappa shape index (κ3) is 2.43. The second-order valence-electron chi connectivity index (χ2n) is 3.97. The van der Waals surface area contributed by atoms with E-state index in [0.717, 1.165) is 15.3 Å². The smallest absolute Gasteiger partial charge is 0.301 e. The van der Waals surface area contributed by atoms with Gasteiger partial charge in [0.1, 0.15) is 9.92 Å². The number of nitrogens with one attached hydrogen (secondary N) is 1. The molecule has 0 unspecified atom stereocenters. The topological polar surface area (TPSA) is 81.1 Å². The molecule has 0 radical (unpaired) electrons. The number of hydrazine groups is 1. The Morgan fingerprint density at radius 3 is 3.05 bits per heavy atom. The Kier molecular flexibility index (Phi) is 3.72. The number of thioether (sulfide) groups is 1. The van der Waals surface area contributed by atoms with Gasteiger partial charge in [0.05, 0.1) is 0 Å². The number of thiazole rings is 1. The number of nitrogens with two attached hydrogens (primary N) is 1. The summed E-state index contributed by atoms with van der Waals surface area (Å²) >= 11 is 3.13. The standard InChI is InChI=1S/C13H11N3O2S2/c14-16-12(17)11-9(7-20-13-15-5-6-19-13)8-3-1-2-4-10(8)18-11/h1-6H,7,14H2,(H,16,17). The summed E-state index contributed by atoms with van der Waals surface area (Å²) in [5.41, 5.74) is 3.64. The first-order valence-electron chi connectivity index (χ1n) is 5.83. The van der Waals surface area contributed by atoms with E-state index in [1.54, 1.807) is 29.3 Å². The molecule has 0 bridgehead atoms. The molecule has 0 aliphatic rings. The lowest BCUT2D eigenvalue weighted by Crippen LogP contribution is -2.30. The first-order valence-corrected chi connectivity index (χ1v) is 7.69. The summed E-state index contributed by atoms with van der Waals surface area (Å²) in [5, 5.41) is 2.85. The van der Waals surface area contributed by atoms with Crippen LogP contribution in [-0.4, -0.2) is 10.9 Å². The Labute approximate surface area is 123 Å². The molecule has 2 aromatic heterocycles. The normalized spacial score (nSPS) is 10.8. The van der Waals surface area contributed by atoms with Crippen molar-refractivity contribution in [2.24, 2.45) is 5.84 Å². The molecule has 0 atom stereocenters.